The SMILES string of the molecule is CCC(C)C(NC(=O)CC(C)(C)C)C(=O)Nc1nnc(-c2ccc(OC)cc2)s1. The van der Waals surface area contributed by atoms with E-state index in [1.165, 1.54) is 11.3 Å². The molecule has 29 heavy (non-hydrogen) atoms. The van der Waals surface area contributed by atoms with Crippen molar-refractivity contribution in [2.45, 2.75) is 53.5 Å². The van der Waals surface area contributed by atoms with E-state index in [0.717, 1.165) is 17.7 Å². The maximum atomic E-state index is 12.8. The van der Waals surface area contributed by atoms with Gasteiger partial charge in [0, 0.05) is 12.0 Å². The van der Waals surface area contributed by atoms with Crippen molar-refractivity contribution < 1.29 is 14.3 Å². The number of anilines is 1. The molecule has 0 saturated heterocycles. The van der Waals surface area contributed by atoms with Crippen molar-refractivity contribution in [1.29, 1.82) is 0 Å². The van der Waals surface area contributed by atoms with E-state index in [0.29, 0.717) is 16.6 Å². The fourth-order valence-corrected chi connectivity index (χ4v) is 3.47. The maximum Gasteiger partial charge on any atom is 0.249 e. The number of methoxy groups -OCH3 is 1. The Morgan fingerprint density at radius 1 is 1.17 bits per heavy atom. The van der Waals surface area contributed by atoms with Crippen LogP contribution in [0.2, 0.25) is 0 Å². The summed E-state index contributed by atoms with van der Waals surface area (Å²) in [6.45, 7) is 9.92. The Hall–Kier alpha value is -2.48. The zero-order valence-corrected chi connectivity index (χ0v) is 18.7. The molecular weight excluding hydrogens is 388 g/mol. The highest BCUT2D eigenvalue weighted by atomic mass is 32.1. The molecule has 2 aromatic rings. The van der Waals surface area contributed by atoms with E-state index in [1.807, 2.05) is 58.9 Å². The number of nitrogens with zero attached hydrogens (tertiary/aromatic N) is 2. The predicted octanol–water partition coefficient (Wildman–Crippen LogP) is 4.12. The summed E-state index contributed by atoms with van der Waals surface area (Å²) in [4.78, 5) is 25.2. The second-order valence-corrected chi connectivity index (χ2v) is 9.28. The van der Waals surface area contributed by atoms with Crippen LogP contribution in [0, 0.1) is 11.3 Å². The molecule has 0 fully saturated rings. The van der Waals surface area contributed by atoms with Crippen LogP contribution in [0.4, 0.5) is 5.13 Å². The van der Waals surface area contributed by atoms with Crippen LogP contribution in [0.5, 0.6) is 5.75 Å². The number of hydrogen-bond donors (Lipinski definition) is 2. The standard InChI is InChI=1S/C21H30N4O3S/c1-7-13(2)17(22-16(26)12-21(3,4)5)18(27)23-20-25-24-19(29-20)14-8-10-15(28-6)11-9-14/h8-11,13,17H,7,12H2,1-6H3,(H,22,26)(H,23,25,27). The summed E-state index contributed by atoms with van der Waals surface area (Å²) in [6, 6.07) is 6.85. The molecule has 158 valence electrons. The van der Waals surface area contributed by atoms with Crippen molar-refractivity contribution in [2.24, 2.45) is 11.3 Å². The minimum Gasteiger partial charge on any atom is -0.497 e. The van der Waals surface area contributed by atoms with Gasteiger partial charge in [-0.2, -0.15) is 0 Å². The number of rotatable bonds is 8. The molecular formula is C21H30N4O3S. The van der Waals surface area contributed by atoms with Gasteiger partial charge in [0.1, 0.15) is 16.8 Å². The largest absolute Gasteiger partial charge is 0.497 e. The van der Waals surface area contributed by atoms with Gasteiger partial charge in [0.15, 0.2) is 0 Å². The topological polar surface area (TPSA) is 93.2 Å². The van der Waals surface area contributed by atoms with Gasteiger partial charge in [-0.3, -0.25) is 14.9 Å². The summed E-state index contributed by atoms with van der Waals surface area (Å²) < 4.78 is 5.16. The van der Waals surface area contributed by atoms with Crippen molar-refractivity contribution in [1.82, 2.24) is 15.5 Å². The molecule has 0 spiro atoms. The van der Waals surface area contributed by atoms with Crippen LogP contribution in [0.1, 0.15) is 47.5 Å². The fraction of sp³-hybridized carbons (Fsp3) is 0.524. The van der Waals surface area contributed by atoms with Crippen LogP contribution < -0.4 is 15.4 Å². The molecule has 0 saturated carbocycles. The Labute approximate surface area is 176 Å². The smallest absolute Gasteiger partial charge is 0.249 e. The third-order valence-electron chi connectivity index (χ3n) is 4.49. The van der Waals surface area contributed by atoms with Crippen LogP contribution in [0.3, 0.4) is 0 Å². The van der Waals surface area contributed by atoms with E-state index in [9.17, 15) is 9.59 Å². The molecule has 0 aliphatic rings. The lowest BCUT2D eigenvalue weighted by atomic mass is 9.91. The van der Waals surface area contributed by atoms with Gasteiger partial charge in [0.05, 0.1) is 7.11 Å². The van der Waals surface area contributed by atoms with Crippen LogP contribution >= 0.6 is 11.3 Å². The number of nitrogens with one attached hydrogen (secondary N) is 2. The van der Waals surface area contributed by atoms with Gasteiger partial charge in [-0.15, -0.1) is 10.2 Å². The molecule has 8 heteroatoms. The Bertz CT molecular complexity index is 827. The first-order chi connectivity index (χ1) is 13.6. The molecule has 2 rings (SSSR count). The molecule has 1 aromatic carbocycles. The van der Waals surface area contributed by atoms with E-state index >= 15 is 0 Å². The molecule has 0 bridgehead atoms. The number of benzene rings is 1. The van der Waals surface area contributed by atoms with Gasteiger partial charge in [-0.1, -0.05) is 52.4 Å². The van der Waals surface area contributed by atoms with Crippen LogP contribution in [-0.4, -0.2) is 35.2 Å². The minimum atomic E-state index is -0.622. The second kappa shape index (κ2) is 9.82. The maximum absolute atomic E-state index is 12.8. The highest BCUT2D eigenvalue weighted by Crippen LogP contribution is 2.28. The Balaban J connectivity index is 2.08. The molecule has 7 nitrogen and oxygen atoms in total. The molecule has 2 N–H and O–H groups in total. The number of ether oxygens (including phenoxy) is 1. The van der Waals surface area contributed by atoms with Gasteiger partial charge in [0.2, 0.25) is 16.9 Å². The minimum absolute atomic E-state index is 0.00658. The average Bonchev–Trinajstić information content (AvgIpc) is 3.12. The predicted molar refractivity (Wildman–Crippen MR) is 116 cm³/mol. The summed E-state index contributed by atoms with van der Waals surface area (Å²) in [5.74, 6) is 0.343. The quantitative estimate of drug-likeness (QED) is 0.673. The molecule has 0 radical (unpaired) electrons. The Morgan fingerprint density at radius 3 is 2.38 bits per heavy atom. The first-order valence-electron chi connectivity index (χ1n) is 9.71. The molecule has 0 aliphatic heterocycles. The number of aromatic nitrogens is 2. The highest BCUT2D eigenvalue weighted by Gasteiger charge is 2.28. The number of hydrogen-bond acceptors (Lipinski definition) is 6. The summed E-state index contributed by atoms with van der Waals surface area (Å²) in [5.41, 5.74) is 0.744. The molecule has 1 heterocycles. The second-order valence-electron chi connectivity index (χ2n) is 8.30. The van der Waals surface area contributed by atoms with Gasteiger partial charge in [-0.25, -0.2) is 0 Å². The van der Waals surface area contributed by atoms with Crippen molar-refractivity contribution >= 4 is 28.3 Å². The summed E-state index contributed by atoms with van der Waals surface area (Å²) >= 11 is 1.29. The van der Waals surface area contributed by atoms with Crippen LogP contribution in [0.15, 0.2) is 24.3 Å². The van der Waals surface area contributed by atoms with E-state index < -0.39 is 6.04 Å². The lowest BCUT2D eigenvalue weighted by molar-refractivity contribution is -0.128. The van der Waals surface area contributed by atoms with Gasteiger partial charge in [0.25, 0.3) is 0 Å². The monoisotopic (exact) mass is 418 g/mol. The van der Waals surface area contributed by atoms with Crippen molar-refractivity contribution in [2.75, 3.05) is 12.4 Å². The Morgan fingerprint density at radius 2 is 1.83 bits per heavy atom. The average molecular weight is 419 g/mol. The molecule has 1 aromatic heterocycles. The van der Waals surface area contributed by atoms with Crippen molar-refractivity contribution in [3.05, 3.63) is 24.3 Å². The van der Waals surface area contributed by atoms with Gasteiger partial charge in [-0.05, 0) is 35.6 Å². The number of carbonyl (C=O) groups excluding carboxylic acids is 2. The summed E-state index contributed by atoms with van der Waals surface area (Å²) in [6.07, 6.45) is 1.12. The first-order valence-corrected chi connectivity index (χ1v) is 10.5. The van der Waals surface area contributed by atoms with Gasteiger partial charge >= 0.3 is 0 Å². The first kappa shape index (κ1) is 22.8. The molecule has 2 amide bonds. The Kier molecular flexibility index (Phi) is 7.73. The van der Waals surface area contributed by atoms with Crippen LogP contribution in [-0.2, 0) is 9.59 Å². The summed E-state index contributed by atoms with van der Waals surface area (Å²) in [5, 5.41) is 15.0. The highest BCUT2D eigenvalue weighted by molar-refractivity contribution is 7.18. The summed E-state index contributed by atoms with van der Waals surface area (Å²) in [7, 11) is 1.61. The van der Waals surface area contributed by atoms with E-state index in [2.05, 4.69) is 20.8 Å². The fourth-order valence-electron chi connectivity index (χ4n) is 2.72. The van der Waals surface area contributed by atoms with Gasteiger partial charge < -0.3 is 10.1 Å². The number of carbonyl (C=O) groups is 2. The zero-order chi connectivity index (χ0) is 21.6. The third-order valence-corrected chi connectivity index (χ3v) is 5.38. The lowest BCUT2D eigenvalue weighted by Gasteiger charge is -2.25. The third kappa shape index (κ3) is 6.81. The number of amides is 2. The van der Waals surface area contributed by atoms with E-state index in [4.69, 9.17) is 4.74 Å². The molecule has 2 atom stereocenters. The molecule has 0 aliphatic carbocycles. The van der Waals surface area contributed by atoms with E-state index in [-0.39, 0.29) is 23.1 Å². The zero-order valence-electron chi connectivity index (χ0n) is 17.9. The normalized spacial score (nSPS) is 13.4. The molecule has 2 unspecified atom stereocenters. The lowest BCUT2D eigenvalue weighted by Crippen LogP contribution is -2.48. The van der Waals surface area contributed by atoms with Crippen molar-refractivity contribution in [3.63, 3.8) is 0 Å². The van der Waals surface area contributed by atoms with Crippen molar-refractivity contribution in [3.8, 4) is 16.3 Å². The van der Waals surface area contributed by atoms with E-state index in [1.54, 1.807) is 7.11 Å². The van der Waals surface area contributed by atoms with Crippen LogP contribution in [0.25, 0.3) is 10.6 Å².